The summed E-state index contributed by atoms with van der Waals surface area (Å²) in [5, 5.41) is 10.7. The van der Waals surface area contributed by atoms with Gasteiger partial charge >= 0.3 is 11.8 Å². The first-order valence-electron chi connectivity index (χ1n) is 12.2. The molecular formula is C26H31FN4O6. The molecule has 2 amide bonds. The fourth-order valence-electron chi connectivity index (χ4n) is 5.04. The van der Waals surface area contributed by atoms with Crippen molar-refractivity contribution >= 4 is 17.6 Å². The number of likely N-dealkylation sites (N-methyl/N-ethyl adjacent to an activating group) is 2. The van der Waals surface area contributed by atoms with Gasteiger partial charge in [0.05, 0.1) is 18.8 Å². The molecule has 1 saturated heterocycles. The molecule has 11 heteroatoms. The van der Waals surface area contributed by atoms with E-state index in [1.807, 2.05) is 6.92 Å². The highest BCUT2D eigenvalue weighted by Crippen LogP contribution is 2.46. The van der Waals surface area contributed by atoms with Gasteiger partial charge in [0.2, 0.25) is 5.75 Å². The van der Waals surface area contributed by atoms with Crippen molar-refractivity contribution in [1.29, 1.82) is 0 Å². The Hall–Kier alpha value is -3.60. The van der Waals surface area contributed by atoms with Crippen molar-refractivity contribution in [3.05, 3.63) is 57.5 Å². The van der Waals surface area contributed by atoms with Crippen molar-refractivity contribution in [2.45, 2.75) is 56.7 Å². The largest absolute Gasteiger partial charge is 0.501 e. The standard InChI is InChI=1S/C26H31FN4O6/c1-5-25-12-13-26(15-37-25,30(4)23(36)22(35)29(2)3)24-28-19(20(33)21(34)31(24)14-25)18(32)11-8-16-6-9-17(27)10-7-16/h6-7,9-10,33H,5,8,11-15H2,1-4H3. The molecule has 1 aromatic heterocycles. The van der Waals surface area contributed by atoms with Crippen LogP contribution < -0.4 is 5.56 Å². The Morgan fingerprint density at radius 3 is 2.38 bits per heavy atom. The molecule has 2 atom stereocenters. The number of ketones is 1. The average molecular weight is 515 g/mol. The highest BCUT2D eigenvalue weighted by molar-refractivity contribution is 6.34. The van der Waals surface area contributed by atoms with E-state index in [4.69, 9.17) is 4.74 Å². The zero-order valence-electron chi connectivity index (χ0n) is 21.4. The molecule has 4 heterocycles. The van der Waals surface area contributed by atoms with Gasteiger partial charge in [-0.1, -0.05) is 19.1 Å². The van der Waals surface area contributed by atoms with E-state index in [0.717, 1.165) is 4.90 Å². The molecule has 3 aliphatic heterocycles. The van der Waals surface area contributed by atoms with Gasteiger partial charge in [-0.2, -0.15) is 0 Å². The SMILES string of the molecule is CCC12CCC(N(C)C(=O)C(=O)N(C)C)(CO1)c1nc(C(=O)CCc3ccc(F)cc3)c(O)c(=O)n1C2. The average Bonchev–Trinajstić information content (AvgIpc) is 3.13. The van der Waals surface area contributed by atoms with Crippen LogP contribution in [-0.2, 0) is 32.8 Å². The molecule has 198 valence electrons. The van der Waals surface area contributed by atoms with E-state index in [2.05, 4.69) is 4.98 Å². The van der Waals surface area contributed by atoms with Crippen LogP contribution in [0.25, 0.3) is 0 Å². The minimum absolute atomic E-state index is 0.0236. The van der Waals surface area contributed by atoms with Gasteiger partial charge in [0.15, 0.2) is 11.5 Å². The molecule has 0 radical (unpaired) electrons. The number of nitrogens with zero attached hydrogens (tertiary/aromatic N) is 4. The van der Waals surface area contributed by atoms with Gasteiger partial charge in [0.25, 0.3) is 5.56 Å². The van der Waals surface area contributed by atoms with Crippen LogP contribution >= 0.6 is 0 Å². The Kier molecular flexibility index (Phi) is 6.93. The lowest BCUT2D eigenvalue weighted by atomic mass is 9.82. The number of rotatable bonds is 6. The fourth-order valence-corrected chi connectivity index (χ4v) is 5.04. The van der Waals surface area contributed by atoms with Crippen molar-refractivity contribution in [2.75, 3.05) is 27.7 Å². The van der Waals surface area contributed by atoms with E-state index in [1.54, 1.807) is 12.1 Å². The number of halogens is 1. The number of hydrogen-bond donors (Lipinski definition) is 1. The van der Waals surface area contributed by atoms with Gasteiger partial charge in [-0.15, -0.1) is 0 Å². The van der Waals surface area contributed by atoms with Crippen molar-refractivity contribution in [2.24, 2.45) is 0 Å². The van der Waals surface area contributed by atoms with Crippen LogP contribution in [0.5, 0.6) is 5.75 Å². The first-order chi connectivity index (χ1) is 17.4. The molecule has 37 heavy (non-hydrogen) atoms. The van der Waals surface area contributed by atoms with Crippen molar-refractivity contribution < 1.29 is 28.6 Å². The maximum absolute atomic E-state index is 13.4. The second-order valence-electron chi connectivity index (χ2n) is 9.99. The third-order valence-corrected chi connectivity index (χ3v) is 7.62. The Balaban J connectivity index is 1.79. The summed E-state index contributed by atoms with van der Waals surface area (Å²) in [7, 11) is 4.38. The molecule has 1 aromatic carbocycles. The van der Waals surface area contributed by atoms with Crippen molar-refractivity contribution in [1.82, 2.24) is 19.4 Å². The Morgan fingerprint density at radius 2 is 1.81 bits per heavy atom. The molecule has 2 bridgehead atoms. The normalized spacial score (nSPS) is 22.2. The summed E-state index contributed by atoms with van der Waals surface area (Å²) >= 11 is 0. The molecule has 1 fully saturated rings. The molecule has 2 unspecified atom stereocenters. The fraction of sp³-hybridized carbons (Fsp3) is 0.500. The third kappa shape index (κ3) is 4.52. The van der Waals surface area contributed by atoms with E-state index in [9.17, 15) is 28.7 Å². The van der Waals surface area contributed by atoms with Gasteiger partial charge in [-0.25, -0.2) is 9.37 Å². The van der Waals surface area contributed by atoms with Gasteiger partial charge in [-0.3, -0.25) is 23.7 Å². The Bertz CT molecular complexity index is 1300. The monoisotopic (exact) mass is 514 g/mol. The van der Waals surface area contributed by atoms with Crippen molar-refractivity contribution in [3.8, 4) is 5.75 Å². The zero-order valence-corrected chi connectivity index (χ0v) is 21.4. The molecule has 5 rings (SSSR count). The van der Waals surface area contributed by atoms with E-state index in [0.29, 0.717) is 24.8 Å². The van der Waals surface area contributed by atoms with Crippen LogP contribution in [0.15, 0.2) is 29.1 Å². The summed E-state index contributed by atoms with van der Waals surface area (Å²) in [6, 6.07) is 5.69. The number of aryl methyl sites for hydroxylation is 1. The van der Waals surface area contributed by atoms with Crippen LogP contribution in [0.1, 0.15) is 54.5 Å². The number of amides is 2. The number of carbonyl (C=O) groups excluding carboxylic acids is 3. The van der Waals surface area contributed by atoms with E-state index < -0.39 is 51.6 Å². The minimum atomic E-state index is -1.29. The highest BCUT2D eigenvalue weighted by atomic mass is 19.1. The number of aromatic hydroxyl groups is 1. The summed E-state index contributed by atoms with van der Waals surface area (Å²) in [4.78, 5) is 59.1. The number of fused-ring (bicyclic) bond motifs is 2. The lowest BCUT2D eigenvalue weighted by molar-refractivity contribution is -0.168. The number of carbonyl (C=O) groups is 3. The van der Waals surface area contributed by atoms with Gasteiger partial charge in [0, 0.05) is 27.6 Å². The molecule has 10 nitrogen and oxygen atoms in total. The number of hydrogen-bond acceptors (Lipinski definition) is 7. The lowest BCUT2D eigenvalue weighted by Gasteiger charge is -2.46. The second kappa shape index (κ2) is 9.70. The lowest BCUT2D eigenvalue weighted by Crippen LogP contribution is -2.58. The van der Waals surface area contributed by atoms with E-state index in [-0.39, 0.29) is 31.8 Å². The Labute approximate surface area is 213 Å². The summed E-state index contributed by atoms with van der Waals surface area (Å²) < 4.78 is 20.7. The summed E-state index contributed by atoms with van der Waals surface area (Å²) in [6.45, 7) is 1.99. The molecule has 0 saturated carbocycles. The molecule has 0 aliphatic carbocycles. The van der Waals surface area contributed by atoms with Crippen LogP contribution in [0, 0.1) is 5.82 Å². The van der Waals surface area contributed by atoms with Gasteiger partial charge in [-0.05, 0) is 43.4 Å². The number of aromatic nitrogens is 2. The van der Waals surface area contributed by atoms with Gasteiger partial charge < -0.3 is 19.6 Å². The van der Waals surface area contributed by atoms with Crippen LogP contribution in [-0.4, -0.2) is 75.4 Å². The molecular weight excluding hydrogens is 483 g/mol. The molecule has 2 aromatic rings. The predicted octanol–water partition coefficient (Wildman–Crippen LogP) is 1.62. The predicted molar refractivity (Wildman–Crippen MR) is 131 cm³/mol. The first kappa shape index (κ1) is 26.5. The van der Waals surface area contributed by atoms with Crippen LogP contribution in [0.4, 0.5) is 4.39 Å². The number of Topliss-reactive ketones (excluding diaryl/α,β-unsaturated/α-hetero) is 1. The van der Waals surface area contributed by atoms with Crippen molar-refractivity contribution in [3.63, 3.8) is 0 Å². The quantitative estimate of drug-likeness (QED) is 0.459. The molecule has 3 aliphatic rings. The third-order valence-electron chi connectivity index (χ3n) is 7.62. The molecule has 0 spiro atoms. The summed E-state index contributed by atoms with van der Waals surface area (Å²) in [5.74, 6) is -3.19. The second-order valence-corrected chi connectivity index (χ2v) is 9.99. The zero-order chi connectivity index (χ0) is 27.1. The maximum atomic E-state index is 13.4. The summed E-state index contributed by atoms with van der Waals surface area (Å²) in [5.41, 5.74) is -2.49. The van der Waals surface area contributed by atoms with Crippen LogP contribution in [0.3, 0.4) is 0 Å². The molecule has 1 N–H and O–H groups in total. The van der Waals surface area contributed by atoms with Crippen LogP contribution in [0.2, 0.25) is 0 Å². The topological polar surface area (TPSA) is 122 Å². The number of benzene rings is 1. The summed E-state index contributed by atoms with van der Waals surface area (Å²) in [6.07, 6.45) is 1.58. The smallest absolute Gasteiger partial charge is 0.312 e. The van der Waals surface area contributed by atoms with Gasteiger partial charge in [0.1, 0.15) is 17.2 Å². The van der Waals surface area contributed by atoms with E-state index >= 15 is 0 Å². The minimum Gasteiger partial charge on any atom is -0.501 e. The van der Waals surface area contributed by atoms with E-state index in [1.165, 1.54) is 42.7 Å². The number of ether oxygens (including phenoxy) is 1. The first-order valence-corrected chi connectivity index (χ1v) is 12.2. The maximum Gasteiger partial charge on any atom is 0.312 e. The Morgan fingerprint density at radius 1 is 1.14 bits per heavy atom. The highest BCUT2D eigenvalue weighted by Gasteiger charge is 2.55.